The maximum Gasteiger partial charge on any atom is 0.227 e. The Hall–Kier alpha value is -1.33. The minimum atomic E-state index is 0.0203. The molecule has 1 aromatic carbocycles. The van der Waals surface area contributed by atoms with E-state index in [4.69, 9.17) is 23.8 Å². The average Bonchev–Trinajstić information content (AvgIpc) is 2.58. The van der Waals surface area contributed by atoms with E-state index in [1.54, 1.807) is 0 Å². The summed E-state index contributed by atoms with van der Waals surface area (Å²) in [6.45, 7) is 9.10. The lowest BCUT2D eigenvalue weighted by atomic mass is 9.96. The summed E-state index contributed by atoms with van der Waals surface area (Å²) in [6, 6.07) is 5.85. The second-order valence-electron chi connectivity index (χ2n) is 6.21. The van der Waals surface area contributed by atoms with Gasteiger partial charge in [0, 0.05) is 26.2 Å². The van der Waals surface area contributed by atoms with Gasteiger partial charge in [0.2, 0.25) is 5.91 Å². The lowest BCUT2D eigenvalue weighted by Crippen LogP contribution is -2.47. The molecule has 1 unspecified atom stereocenters. The monoisotopic (exact) mass is 367 g/mol. The van der Waals surface area contributed by atoms with E-state index in [-0.39, 0.29) is 11.8 Å². The van der Waals surface area contributed by atoms with Crippen LogP contribution in [0.25, 0.3) is 0 Å². The van der Waals surface area contributed by atoms with E-state index < -0.39 is 0 Å². The number of nitrogens with zero attached hydrogens (tertiary/aromatic N) is 2. The molecular weight excluding hydrogens is 342 g/mol. The maximum atomic E-state index is 12.6. The zero-order chi connectivity index (χ0) is 17.7. The number of likely N-dealkylation sites (tertiary alicyclic amines) is 1. The lowest BCUT2D eigenvalue weighted by Gasteiger charge is -2.36. The fraction of sp³-hybridized carbons (Fsp3) is 0.556. The predicted molar refractivity (Wildman–Crippen MR) is 105 cm³/mol. The van der Waals surface area contributed by atoms with Gasteiger partial charge < -0.3 is 15.1 Å². The molecule has 0 radical (unpaired) electrons. The number of rotatable bonds is 4. The highest BCUT2D eigenvalue weighted by Gasteiger charge is 2.29. The van der Waals surface area contributed by atoms with Gasteiger partial charge >= 0.3 is 0 Å². The first-order chi connectivity index (χ1) is 11.5. The molecule has 1 saturated heterocycles. The second-order valence-corrected chi connectivity index (χ2v) is 7.00. The fourth-order valence-electron chi connectivity index (χ4n) is 3.07. The number of hydrogen-bond donors (Lipinski definition) is 1. The van der Waals surface area contributed by atoms with Crippen molar-refractivity contribution in [3.05, 3.63) is 28.8 Å². The van der Waals surface area contributed by atoms with E-state index in [1.165, 1.54) is 0 Å². The predicted octanol–water partition coefficient (Wildman–Crippen LogP) is 3.93. The molecule has 1 aromatic rings. The van der Waals surface area contributed by atoms with Crippen LogP contribution >= 0.6 is 23.8 Å². The molecule has 1 aliphatic rings. The summed E-state index contributed by atoms with van der Waals surface area (Å²) >= 11 is 11.8. The Morgan fingerprint density at radius 2 is 2.12 bits per heavy atom. The molecule has 1 heterocycles. The highest BCUT2D eigenvalue weighted by atomic mass is 35.5. The van der Waals surface area contributed by atoms with Gasteiger partial charge in [-0.1, -0.05) is 17.7 Å². The summed E-state index contributed by atoms with van der Waals surface area (Å²) in [5.41, 5.74) is 1.92. The minimum absolute atomic E-state index is 0.0203. The molecule has 1 fully saturated rings. The van der Waals surface area contributed by atoms with Gasteiger partial charge in [-0.25, -0.2) is 0 Å². The Labute approximate surface area is 155 Å². The minimum Gasteiger partial charge on any atom is -0.348 e. The van der Waals surface area contributed by atoms with Gasteiger partial charge in [-0.3, -0.25) is 4.79 Å². The molecule has 4 nitrogen and oxygen atoms in total. The number of aryl methyl sites for hydroxylation is 1. The van der Waals surface area contributed by atoms with Gasteiger partial charge in [-0.05, 0) is 63.5 Å². The van der Waals surface area contributed by atoms with Crippen LogP contribution in [0.2, 0.25) is 5.02 Å². The molecule has 0 saturated carbocycles. The normalized spacial score (nSPS) is 17.5. The quantitative estimate of drug-likeness (QED) is 0.818. The zero-order valence-corrected chi connectivity index (χ0v) is 16.2. The van der Waals surface area contributed by atoms with E-state index in [1.807, 2.05) is 43.9 Å². The van der Waals surface area contributed by atoms with Crippen LogP contribution < -0.4 is 5.32 Å². The standard InChI is InChI=1S/C18H26ClN3OS/c1-4-21(5-2)17(23)14-7-6-10-22(12-14)18(24)20-16-9-8-13(3)11-15(16)19/h8-9,11,14H,4-7,10,12H2,1-3H3,(H,20,24). The van der Waals surface area contributed by atoms with Crippen LogP contribution in [0.1, 0.15) is 32.3 Å². The van der Waals surface area contributed by atoms with Crippen molar-refractivity contribution in [2.45, 2.75) is 33.6 Å². The van der Waals surface area contributed by atoms with Gasteiger partial charge in [0.1, 0.15) is 0 Å². The average molecular weight is 368 g/mol. The van der Waals surface area contributed by atoms with Gasteiger partial charge in [0.15, 0.2) is 5.11 Å². The molecule has 1 aliphatic heterocycles. The van der Waals surface area contributed by atoms with Gasteiger partial charge in [-0.15, -0.1) is 0 Å². The molecule has 2 rings (SSSR count). The number of piperidine rings is 1. The number of amides is 1. The van der Waals surface area contributed by atoms with Crippen LogP contribution in [-0.2, 0) is 4.79 Å². The van der Waals surface area contributed by atoms with Crippen LogP contribution in [0.4, 0.5) is 5.69 Å². The highest BCUT2D eigenvalue weighted by molar-refractivity contribution is 7.80. The number of carbonyl (C=O) groups excluding carboxylic acids is 1. The molecule has 0 aliphatic carbocycles. The first kappa shape index (κ1) is 19.0. The summed E-state index contributed by atoms with van der Waals surface area (Å²) < 4.78 is 0. The third-order valence-electron chi connectivity index (χ3n) is 4.50. The molecule has 24 heavy (non-hydrogen) atoms. The fourth-order valence-corrected chi connectivity index (χ4v) is 3.63. The Morgan fingerprint density at radius 1 is 1.42 bits per heavy atom. The van der Waals surface area contributed by atoms with E-state index >= 15 is 0 Å². The SMILES string of the molecule is CCN(CC)C(=O)C1CCCN(C(=S)Nc2ccc(C)cc2Cl)C1. The number of carbonyl (C=O) groups is 1. The second kappa shape index (κ2) is 8.67. The molecule has 1 amide bonds. The highest BCUT2D eigenvalue weighted by Crippen LogP contribution is 2.24. The van der Waals surface area contributed by atoms with Crippen LogP contribution in [-0.4, -0.2) is 47.0 Å². The van der Waals surface area contributed by atoms with Crippen molar-refractivity contribution >= 4 is 40.5 Å². The van der Waals surface area contributed by atoms with Gasteiger partial charge in [0.05, 0.1) is 16.6 Å². The van der Waals surface area contributed by atoms with Crippen molar-refractivity contribution < 1.29 is 4.79 Å². The summed E-state index contributed by atoms with van der Waals surface area (Å²) in [6.07, 6.45) is 1.90. The third kappa shape index (κ3) is 4.61. The number of halogens is 1. The van der Waals surface area contributed by atoms with E-state index in [2.05, 4.69) is 10.2 Å². The number of benzene rings is 1. The molecule has 132 valence electrons. The van der Waals surface area contributed by atoms with E-state index in [9.17, 15) is 4.79 Å². The molecular formula is C18H26ClN3OS. The molecule has 0 spiro atoms. The van der Waals surface area contributed by atoms with Gasteiger partial charge in [-0.2, -0.15) is 0 Å². The Bertz CT molecular complexity index is 604. The summed E-state index contributed by atoms with van der Waals surface area (Å²) in [7, 11) is 0. The number of anilines is 1. The van der Waals surface area contributed by atoms with Crippen LogP contribution in [0.3, 0.4) is 0 Å². The molecule has 1 atom stereocenters. The number of nitrogens with one attached hydrogen (secondary N) is 1. The van der Waals surface area contributed by atoms with Crippen molar-refractivity contribution in [2.75, 3.05) is 31.5 Å². The number of hydrogen-bond acceptors (Lipinski definition) is 2. The van der Waals surface area contributed by atoms with Crippen molar-refractivity contribution in [2.24, 2.45) is 5.92 Å². The largest absolute Gasteiger partial charge is 0.348 e. The molecule has 0 bridgehead atoms. The van der Waals surface area contributed by atoms with Crippen LogP contribution in [0, 0.1) is 12.8 Å². The lowest BCUT2D eigenvalue weighted by molar-refractivity contribution is -0.136. The molecule has 1 N–H and O–H groups in total. The maximum absolute atomic E-state index is 12.6. The molecule has 0 aromatic heterocycles. The summed E-state index contributed by atoms with van der Waals surface area (Å²) in [4.78, 5) is 16.6. The Balaban J connectivity index is 2.01. The zero-order valence-electron chi connectivity index (χ0n) is 14.6. The van der Waals surface area contributed by atoms with Crippen molar-refractivity contribution in [1.29, 1.82) is 0 Å². The summed E-state index contributed by atoms with van der Waals surface area (Å²) in [5, 5.41) is 4.52. The van der Waals surface area contributed by atoms with E-state index in [0.717, 1.165) is 43.7 Å². The Morgan fingerprint density at radius 3 is 2.75 bits per heavy atom. The first-order valence-electron chi connectivity index (χ1n) is 8.57. The van der Waals surface area contributed by atoms with Crippen molar-refractivity contribution in [1.82, 2.24) is 9.80 Å². The first-order valence-corrected chi connectivity index (χ1v) is 9.35. The van der Waals surface area contributed by atoms with E-state index in [0.29, 0.717) is 16.7 Å². The third-order valence-corrected chi connectivity index (χ3v) is 5.17. The summed E-state index contributed by atoms with van der Waals surface area (Å²) in [5.74, 6) is 0.257. The van der Waals surface area contributed by atoms with Crippen LogP contribution in [0.15, 0.2) is 18.2 Å². The van der Waals surface area contributed by atoms with Crippen LogP contribution in [0.5, 0.6) is 0 Å². The van der Waals surface area contributed by atoms with Crippen molar-refractivity contribution in [3.63, 3.8) is 0 Å². The van der Waals surface area contributed by atoms with Crippen molar-refractivity contribution in [3.8, 4) is 0 Å². The van der Waals surface area contributed by atoms with Gasteiger partial charge in [0.25, 0.3) is 0 Å². The number of thiocarbonyl (C=S) groups is 1. The molecule has 6 heteroatoms. The topological polar surface area (TPSA) is 35.6 Å². The smallest absolute Gasteiger partial charge is 0.227 e. The Kier molecular flexibility index (Phi) is 6.87.